The summed E-state index contributed by atoms with van der Waals surface area (Å²) in [6.07, 6.45) is 6.95. The Morgan fingerprint density at radius 1 is 1.23 bits per heavy atom. The molecule has 5 nitrogen and oxygen atoms in total. The van der Waals surface area contributed by atoms with E-state index in [9.17, 15) is 14.3 Å². The largest absolute Gasteiger partial charge is 0.493 e. The summed E-state index contributed by atoms with van der Waals surface area (Å²) in [5, 5.41) is 12.1. The van der Waals surface area contributed by atoms with Gasteiger partial charge in [0.15, 0.2) is 0 Å². The number of nitrogens with zero attached hydrogens (tertiary/aromatic N) is 2. The minimum Gasteiger partial charge on any atom is -0.493 e. The predicted octanol–water partition coefficient (Wildman–Crippen LogP) is 4.60. The van der Waals surface area contributed by atoms with E-state index in [1.807, 2.05) is 11.8 Å². The average molecular weight is 447 g/mol. The standard InChI is InChI=1S/C24H31FN2O3S/c1-17-21(11-16-30-20-9-7-19(25)8-10-20)31-23(26-17)24(29)12-4-14-27(15-13-24)22(28)18-5-2-3-6-18/h7-10,18,29H,2-6,11-16H2,1H3. The summed E-state index contributed by atoms with van der Waals surface area (Å²) in [4.78, 5) is 20.6. The van der Waals surface area contributed by atoms with E-state index in [1.165, 1.54) is 12.1 Å². The number of hydrogen-bond donors (Lipinski definition) is 1. The van der Waals surface area contributed by atoms with Crippen LogP contribution in [0.1, 0.15) is 60.5 Å². The highest BCUT2D eigenvalue weighted by Gasteiger charge is 2.37. The summed E-state index contributed by atoms with van der Waals surface area (Å²) in [7, 11) is 0. The maximum absolute atomic E-state index is 13.0. The fourth-order valence-corrected chi connectivity index (χ4v) is 5.82. The first-order valence-corrected chi connectivity index (χ1v) is 12.1. The zero-order chi connectivity index (χ0) is 21.8. The molecule has 1 aromatic heterocycles. The van der Waals surface area contributed by atoms with Crippen molar-refractivity contribution in [2.45, 2.75) is 63.9 Å². The molecule has 1 amide bonds. The number of aliphatic hydroxyl groups is 1. The number of thiazole rings is 1. The van der Waals surface area contributed by atoms with Gasteiger partial charge in [0, 0.05) is 36.7 Å². The van der Waals surface area contributed by atoms with Crippen LogP contribution in [-0.2, 0) is 16.8 Å². The number of rotatable bonds is 6. The summed E-state index contributed by atoms with van der Waals surface area (Å²) in [5.41, 5.74) is -0.0600. The lowest BCUT2D eigenvalue weighted by Crippen LogP contribution is -2.37. The molecule has 168 valence electrons. The van der Waals surface area contributed by atoms with Crippen LogP contribution in [0.5, 0.6) is 5.75 Å². The van der Waals surface area contributed by atoms with E-state index in [2.05, 4.69) is 0 Å². The Balaban J connectivity index is 1.36. The minimum absolute atomic E-state index is 0.181. The van der Waals surface area contributed by atoms with E-state index in [4.69, 9.17) is 9.72 Å². The maximum atomic E-state index is 13.0. The molecule has 0 spiro atoms. The molecule has 1 N–H and O–H groups in total. The van der Waals surface area contributed by atoms with Gasteiger partial charge in [-0.15, -0.1) is 11.3 Å². The number of hydrogen-bond acceptors (Lipinski definition) is 5. The number of likely N-dealkylation sites (tertiary alicyclic amines) is 1. The second-order valence-electron chi connectivity index (χ2n) is 8.77. The van der Waals surface area contributed by atoms with Crippen molar-refractivity contribution >= 4 is 17.2 Å². The van der Waals surface area contributed by atoms with E-state index in [0.717, 1.165) is 54.2 Å². The first kappa shape index (κ1) is 22.2. The number of benzene rings is 1. The van der Waals surface area contributed by atoms with Crippen LogP contribution in [0.25, 0.3) is 0 Å². The van der Waals surface area contributed by atoms with Crippen LogP contribution in [0.4, 0.5) is 4.39 Å². The predicted molar refractivity (Wildman–Crippen MR) is 119 cm³/mol. The van der Waals surface area contributed by atoms with Gasteiger partial charge in [0.2, 0.25) is 5.91 Å². The summed E-state index contributed by atoms with van der Waals surface area (Å²) in [5.74, 6) is 0.811. The Labute approximate surface area is 187 Å². The zero-order valence-electron chi connectivity index (χ0n) is 18.1. The topological polar surface area (TPSA) is 62.7 Å². The first-order chi connectivity index (χ1) is 14.9. The SMILES string of the molecule is Cc1nc(C2(O)CCCN(C(=O)C3CCCC3)CC2)sc1CCOc1ccc(F)cc1. The fourth-order valence-electron chi connectivity index (χ4n) is 4.64. The van der Waals surface area contributed by atoms with Crippen molar-refractivity contribution in [1.29, 1.82) is 0 Å². The van der Waals surface area contributed by atoms with Gasteiger partial charge in [-0.3, -0.25) is 4.79 Å². The third-order valence-electron chi connectivity index (χ3n) is 6.53. The quantitative estimate of drug-likeness (QED) is 0.704. The maximum Gasteiger partial charge on any atom is 0.225 e. The van der Waals surface area contributed by atoms with Crippen molar-refractivity contribution < 1.29 is 19.0 Å². The highest BCUT2D eigenvalue weighted by molar-refractivity contribution is 7.11. The molecular weight excluding hydrogens is 415 g/mol. The lowest BCUT2D eigenvalue weighted by atomic mass is 9.96. The number of aryl methyl sites for hydroxylation is 1. The van der Waals surface area contributed by atoms with Gasteiger partial charge in [0.1, 0.15) is 22.2 Å². The summed E-state index contributed by atoms with van der Waals surface area (Å²) in [6.45, 7) is 3.74. The normalized spacial score (nSPS) is 22.5. The van der Waals surface area contributed by atoms with E-state index in [1.54, 1.807) is 23.5 Å². The molecule has 2 aromatic rings. The molecule has 2 fully saturated rings. The van der Waals surface area contributed by atoms with Crippen LogP contribution >= 0.6 is 11.3 Å². The fraction of sp³-hybridized carbons (Fsp3) is 0.583. The molecule has 2 heterocycles. The van der Waals surface area contributed by atoms with Crippen molar-refractivity contribution in [1.82, 2.24) is 9.88 Å². The van der Waals surface area contributed by atoms with Gasteiger partial charge in [-0.05, 0) is 56.9 Å². The number of carbonyl (C=O) groups is 1. The van der Waals surface area contributed by atoms with Crippen LogP contribution in [0.15, 0.2) is 24.3 Å². The van der Waals surface area contributed by atoms with Crippen molar-refractivity contribution in [3.05, 3.63) is 45.7 Å². The third kappa shape index (κ3) is 5.26. The molecule has 0 radical (unpaired) electrons. The number of aromatic nitrogens is 1. The van der Waals surface area contributed by atoms with Gasteiger partial charge >= 0.3 is 0 Å². The van der Waals surface area contributed by atoms with Crippen LogP contribution in [-0.4, -0.2) is 40.6 Å². The van der Waals surface area contributed by atoms with Crippen LogP contribution in [0, 0.1) is 18.7 Å². The number of amides is 1. The zero-order valence-corrected chi connectivity index (χ0v) is 18.9. The van der Waals surface area contributed by atoms with Gasteiger partial charge in [-0.2, -0.15) is 0 Å². The van der Waals surface area contributed by atoms with Gasteiger partial charge in [-0.25, -0.2) is 9.37 Å². The Kier molecular flexibility index (Phi) is 6.92. The summed E-state index contributed by atoms with van der Waals surface area (Å²) in [6, 6.07) is 6.00. The van der Waals surface area contributed by atoms with Crippen molar-refractivity contribution in [3.8, 4) is 5.75 Å². The second kappa shape index (κ2) is 9.65. The minimum atomic E-state index is -0.976. The monoisotopic (exact) mass is 446 g/mol. The molecule has 4 rings (SSSR count). The summed E-state index contributed by atoms with van der Waals surface area (Å²) < 4.78 is 18.7. The van der Waals surface area contributed by atoms with E-state index >= 15 is 0 Å². The van der Waals surface area contributed by atoms with E-state index in [0.29, 0.717) is 38.2 Å². The highest BCUT2D eigenvalue weighted by Crippen LogP contribution is 2.37. The Bertz CT molecular complexity index is 895. The lowest BCUT2D eigenvalue weighted by Gasteiger charge is -2.26. The molecule has 1 aliphatic heterocycles. The van der Waals surface area contributed by atoms with Gasteiger partial charge in [-0.1, -0.05) is 12.8 Å². The molecule has 1 atom stereocenters. The Hall–Kier alpha value is -1.99. The average Bonchev–Trinajstić information content (AvgIpc) is 3.37. The molecule has 1 aromatic carbocycles. The van der Waals surface area contributed by atoms with Crippen LogP contribution in [0.3, 0.4) is 0 Å². The lowest BCUT2D eigenvalue weighted by molar-refractivity contribution is -0.135. The van der Waals surface area contributed by atoms with Crippen LogP contribution in [0.2, 0.25) is 0 Å². The third-order valence-corrected chi connectivity index (χ3v) is 7.94. The Morgan fingerprint density at radius 2 is 1.97 bits per heavy atom. The number of carbonyl (C=O) groups excluding carboxylic acids is 1. The van der Waals surface area contributed by atoms with Gasteiger partial charge in [0.25, 0.3) is 0 Å². The molecule has 1 saturated heterocycles. The molecule has 31 heavy (non-hydrogen) atoms. The van der Waals surface area contributed by atoms with Crippen molar-refractivity contribution in [3.63, 3.8) is 0 Å². The first-order valence-electron chi connectivity index (χ1n) is 11.3. The smallest absolute Gasteiger partial charge is 0.225 e. The molecular formula is C24H31FN2O3S. The van der Waals surface area contributed by atoms with Crippen molar-refractivity contribution in [2.75, 3.05) is 19.7 Å². The molecule has 1 unspecified atom stereocenters. The van der Waals surface area contributed by atoms with Gasteiger partial charge in [0.05, 0.1) is 12.3 Å². The Morgan fingerprint density at radius 3 is 2.71 bits per heavy atom. The van der Waals surface area contributed by atoms with Gasteiger partial charge < -0.3 is 14.7 Å². The highest BCUT2D eigenvalue weighted by atomic mass is 32.1. The number of halogens is 1. The van der Waals surface area contributed by atoms with Crippen LogP contribution < -0.4 is 4.74 Å². The molecule has 2 aliphatic rings. The molecule has 7 heteroatoms. The summed E-state index contributed by atoms with van der Waals surface area (Å²) >= 11 is 1.54. The second-order valence-corrected chi connectivity index (χ2v) is 9.86. The molecule has 1 saturated carbocycles. The molecule has 1 aliphatic carbocycles. The number of ether oxygens (including phenoxy) is 1. The van der Waals surface area contributed by atoms with Crippen molar-refractivity contribution in [2.24, 2.45) is 5.92 Å². The molecule has 0 bridgehead atoms. The van der Waals surface area contributed by atoms with E-state index in [-0.39, 0.29) is 17.6 Å². The van der Waals surface area contributed by atoms with E-state index < -0.39 is 5.60 Å².